The predicted molar refractivity (Wildman–Crippen MR) is 137 cm³/mol. The number of ether oxygens (including phenoxy) is 2. The first kappa shape index (κ1) is 24.0. The lowest BCUT2D eigenvalue weighted by Crippen LogP contribution is -2.40. The highest BCUT2D eigenvalue weighted by molar-refractivity contribution is 6.13. The molecule has 3 aromatic rings. The molecule has 0 bridgehead atoms. The molecule has 3 aliphatic rings. The highest BCUT2D eigenvalue weighted by Gasteiger charge is 2.44. The summed E-state index contributed by atoms with van der Waals surface area (Å²) < 4.78 is 39.8. The smallest absolute Gasteiger partial charge is 0.234 e. The molecule has 1 unspecified atom stereocenters. The van der Waals surface area contributed by atoms with Crippen LogP contribution in [0.25, 0.3) is 0 Å². The number of amides is 1. The van der Waals surface area contributed by atoms with Gasteiger partial charge in [-0.15, -0.1) is 0 Å². The van der Waals surface area contributed by atoms with E-state index in [1.807, 2.05) is 30.3 Å². The average Bonchev–Trinajstić information content (AvgIpc) is 3.38. The van der Waals surface area contributed by atoms with Crippen LogP contribution in [0.4, 0.5) is 14.5 Å². The predicted octanol–water partition coefficient (Wildman–Crippen LogP) is 5.91. The first-order chi connectivity index (χ1) is 18.4. The minimum Gasteiger partial charge on any atom is -0.454 e. The van der Waals surface area contributed by atoms with Crippen LogP contribution in [-0.4, -0.2) is 24.2 Å². The Labute approximate surface area is 218 Å². The molecular formula is C30H24F2N2O4. The number of rotatable bonds is 4. The summed E-state index contributed by atoms with van der Waals surface area (Å²) in [4.78, 5) is 32.1. The molecule has 6 nitrogen and oxygen atoms in total. The normalized spacial score (nSPS) is 22.1. The quantitative estimate of drug-likeness (QED) is 0.470. The van der Waals surface area contributed by atoms with E-state index in [9.17, 15) is 18.4 Å². The average molecular weight is 515 g/mol. The summed E-state index contributed by atoms with van der Waals surface area (Å²) in [5, 5.41) is 2.42. The van der Waals surface area contributed by atoms with Gasteiger partial charge in [-0.1, -0.05) is 42.5 Å². The maximum atomic E-state index is 14.4. The van der Waals surface area contributed by atoms with Crippen molar-refractivity contribution in [1.29, 1.82) is 0 Å². The summed E-state index contributed by atoms with van der Waals surface area (Å²) in [5.41, 5.74) is 2.73. The summed E-state index contributed by atoms with van der Waals surface area (Å²) in [6, 6.07) is 18.5. The van der Waals surface area contributed by atoms with E-state index in [0.29, 0.717) is 40.5 Å². The lowest BCUT2D eigenvalue weighted by molar-refractivity contribution is -0.119. The van der Waals surface area contributed by atoms with Gasteiger partial charge in [0.1, 0.15) is 17.3 Å². The zero-order chi connectivity index (χ0) is 26.4. The number of allylic oxidation sites excluding steroid dienone is 2. The fourth-order valence-electron chi connectivity index (χ4n) is 5.65. The van der Waals surface area contributed by atoms with Crippen molar-refractivity contribution >= 4 is 23.1 Å². The van der Waals surface area contributed by atoms with Gasteiger partial charge in [-0.05, 0) is 54.7 Å². The van der Waals surface area contributed by atoms with Crippen LogP contribution in [0, 0.1) is 17.6 Å². The Balaban J connectivity index is 1.44. The van der Waals surface area contributed by atoms with Gasteiger partial charge in [-0.25, -0.2) is 8.78 Å². The fraction of sp³-hybridized carbons (Fsp3) is 0.233. The van der Waals surface area contributed by atoms with Crippen molar-refractivity contribution in [3.05, 3.63) is 101 Å². The minimum absolute atomic E-state index is 0.0331. The Morgan fingerprint density at radius 2 is 1.66 bits per heavy atom. The third-order valence-corrected chi connectivity index (χ3v) is 7.41. The van der Waals surface area contributed by atoms with E-state index in [2.05, 4.69) is 5.32 Å². The monoisotopic (exact) mass is 514 g/mol. The van der Waals surface area contributed by atoms with E-state index in [4.69, 9.17) is 14.5 Å². The topological polar surface area (TPSA) is 77.0 Å². The van der Waals surface area contributed by atoms with Gasteiger partial charge in [0.15, 0.2) is 17.3 Å². The van der Waals surface area contributed by atoms with Crippen LogP contribution in [0.3, 0.4) is 0 Å². The summed E-state index contributed by atoms with van der Waals surface area (Å²) >= 11 is 0. The number of ketones is 1. The number of nitrogens with zero attached hydrogens (tertiary/aromatic N) is 1. The molecular weight excluding hydrogens is 490 g/mol. The number of para-hydroxylation sites is 1. The Morgan fingerprint density at radius 1 is 0.921 bits per heavy atom. The maximum Gasteiger partial charge on any atom is 0.234 e. The highest BCUT2D eigenvalue weighted by atomic mass is 19.1. The van der Waals surface area contributed by atoms with Gasteiger partial charge < -0.3 is 14.8 Å². The highest BCUT2D eigenvalue weighted by Crippen LogP contribution is 2.48. The maximum absolute atomic E-state index is 14.4. The molecule has 192 valence electrons. The first-order valence-electron chi connectivity index (χ1n) is 12.4. The van der Waals surface area contributed by atoms with Crippen molar-refractivity contribution < 1.29 is 27.8 Å². The number of anilines is 1. The largest absolute Gasteiger partial charge is 0.454 e. The fourth-order valence-corrected chi connectivity index (χ4v) is 5.65. The molecule has 0 radical (unpaired) electrons. The van der Waals surface area contributed by atoms with Crippen molar-refractivity contribution in [3.63, 3.8) is 0 Å². The van der Waals surface area contributed by atoms with Gasteiger partial charge in [-0.2, -0.15) is 0 Å². The lowest BCUT2D eigenvalue weighted by Gasteiger charge is -2.37. The van der Waals surface area contributed by atoms with Crippen molar-refractivity contribution in [2.45, 2.75) is 31.6 Å². The Kier molecular flexibility index (Phi) is 6.02. The van der Waals surface area contributed by atoms with Crippen LogP contribution < -0.4 is 14.8 Å². The second-order valence-electron chi connectivity index (χ2n) is 9.71. The summed E-state index contributed by atoms with van der Waals surface area (Å²) in [5.74, 6) is -3.16. The van der Waals surface area contributed by atoms with E-state index in [1.165, 1.54) is 6.07 Å². The first-order valence-corrected chi connectivity index (χ1v) is 12.4. The number of hydrogen-bond acceptors (Lipinski definition) is 5. The SMILES string of the molecule is CC1=NC2=C(C(=O)C[C@@H](c3ccccc3)C2)[C@@H](c2ccc3c(c2)OCO3)C1C(=O)Nc1c(F)cccc1F. The van der Waals surface area contributed by atoms with Crippen LogP contribution in [0.15, 0.2) is 83.0 Å². The molecule has 3 aromatic carbocycles. The molecule has 0 saturated heterocycles. The molecule has 2 aliphatic heterocycles. The summed E-state index contributed by atoms with van der Waals surface area (Å²) in [6.07, 6.45) is 0.814. The summed E-state index contributed by atoms with van der Waals surface area (Å²) in [7, 11) is 0. The number of hydrogen-bond donors (Lipinski definition) is 1. The zero-order valence-corrected chi connectivity index (χ0v) is 20.5. The van der Waals surface area contributed by atoms with Crippen LogP contribution in [0.2, 0.25) is 0 Å². The Morgan fingerprint density at radius 3 is 2.42 bits per heavy atom. The van der Waals surface area contributed by atoms with Crippen LogP contribution in [-0.2, 0) is 9.59 Å². The van der Waals surface area contributed by atoms with Gasteiger partial charge in [-0.3, -0.25) is 14.6 Å². The molecule has 1 amide bonds. The van der Waals surface area contributed by atoms with Crippen molar-refractivity contribution in [1.82, 2.24) is 0 Å². The molecule has 38 heavy (non-hydrogen) atoms. The lowest BCUT2D eigenvalue weighted by atomic mass is 9.69. The molecule has 1 aliphatic carbocycles. The van der Waals surface area contributed by atoms with E-state index in [1.54, 1.807) is 25.1 Å². The molecule has 0 aromatic heterocycles. The number of benzene rings is 3. The van der Waals surface area contributed by atoms with Gasteiger partial charge >= 0.3 is 0 Å². The number of carbonyl (C=O) groups excluding carboxylic acids is 2. The van der Waals surface area contributed by atoms with Gasteiger partial charge in [0.05, 0.1) is 5.92 Å². The third-order valence-electron chi connectivity index (χ3n) is 7.41. The molecule has 3 atom stereocenters. The van der Waals surface area contributed by atoms with E-state index in [-0.39, 0.29) is 24.9 Å². The number of Topliss-reactive ketones (excluding diaryl/α,β-unsaturated/α-hetero) is 1. The van der Waals surface area contributed by atoms with Crippen LogP contribution >= 0.6 is 0 Å². The molecule has 0 spiro atoms. The number of aliphatic imine (C=N–C) groups is 1. The Bertz CT molecular complexity index is 1500. The minimum atomic E-state index is -0.967. The van der Waals surface area contributed by atoms with Gasteiger partial charge in [0.2, 0.25) is 12.7 Å². The number of nitrogens with one attached hydrogen (secondary N) is 1. The van der Waals surface area contributed by atoms with Gasteiger partial charge in [0, 0.05) is 29.3 Å². The second-order valence-corrected chi connectivity index (χ2v) is 9.71. The third kappa shape index (κ3) is 4.16. The number of halogens is 2. The summed E-state index contributed by atoms with van der Waals surface area (Å²) in [6.45, 7) is 1.79. The molecule has 1 N–H and O–H groups in total. The van der Waals surface area contributed by atoms with Crippen LogP contribution in [0.1, 0.15) is 42.7 Å². The van der Waals surface area contributed by atoms with Crippen molar-refractivity contribution in [2.75, 3.05) is 12.1 Å². The van der Waals surface area contributed by atoms with Crippen molar-refractivity contribution in [2.24, 2.45) is 10.9 Å². The molecule has 0 saturated carbocycles. The van der Waals surface area contributed by atoms with E-state index >= 15 is 0 Å². The van der Waals surface area contributed by atoms with Crippen LogP contribution in [0.5, 0.6) is 11.5 Å². The molecule has 0 fully saturated rings. The zero-order valence-electron chi connectivity index (χ0n) is 20.5. The number of carbonyl (C=O) groups is 2. The van der Waals surface area contributed by atoms with E-state index < -0.39 is 35.1 Å². The molecule has 8 heteroatoms. The molecule has 6 rings (SSSR count). The van der Waals surface area contributed by atoms with Crippen molar-refractivity contribution in [3.8, 4) is 11.5 Å². The molecule has 2 heterocycles. The Hall–Kier alpha value is -4.33. The standard InChI is InChI=1S/C30H24F2N2O4/c1-16-26(30(36)34-29-20(31)8-5-9-21(29)32)27(18-10-11-24-25(14-18)38-15-37-24)28-22(33-16)12-19(13-23(28)35)17-6-3-2-4-7-17/h2-11,14,19,26-27H,12-13,15H2,1H3,(H,34,36)/t19-,26?,27-/m0/s1. The second kappa shape index (κ2) is 9.52. The van der Waals surface area contributed by atoms with Gasteiger partial charge in [0.25, 0.3) is 0 Å². The number of fused-ring (bicyclic) bond motifs is 1. The van der Waals surface area contributed by atoms with E-state index in [0.717, 1.165) is 17.7 Å².